The minimum absolute atomic E-state index is 0.0421. The molecule has 0 rings (SSSR count). The van der Waals surface area contributed by atoms with E-state index in [0.29, 0.717) is 13.0 Å². The third-order valence-corrected chi connectivity index (χ3v) is 1.91. The number of ether oxygens (including phenoxy) is 1. The second-order valence-corrected chi connectivity index (χ2v) is 3.38. The van der Waals surface area contributed by atoms with Crippen molar-refractivity contribution >= 4 is 17.8 Å². The van der Waals surface area contributed by atoms with Gasteiger partial charge in [0.1, 0.15) is 13.2 Å². The van der Waals surface area contributed by atoms with Gasteiger partial charge in [-0.2, -0.15) is 0 Å². The quantitative estimate of drug-likeness (QED) is 0.577. The molecule has 0 aliphatic rings. The number of carboxylic acids is 1. The molecule has 0 unspecified atom stereocenters. The molecular weight excluding hydrogens is 228 g/mol. The summed E-state index contributed by atoms with van der Waals surface area (Å²) in [7, 11) is 1.48. The number of amides is 2. The van der Waals surface area contributed by atoms with E-state index in [2.05, 4.69) is 10.1 Å². The van der Waals surface area contributed by atoms with E-state index >= 15 is 0 Å². The van der Waals surface area contributed by atoms with Crippen molar-refractivity contribution in [3.8, 4) is 0 Å². The van der Waals surface area contributed by atoms with Gasteiger partial charge in [-0.1, -0.05) is 6.92 Å². The molecule has 17 heavy (non-hydrogen) atoms. The average molecular weight is 246 g/mol. The second-order valence-electron chi connectivity index (χ2n) is 3.38. The van der Waals surface area contributed by atoms with Crippen LogP contribution in [0, 0.1) is 0 Å². The first-order valence-corrected chi connectivity index (χ1v) is 5.29. The van der Waals surface area contributed by atoms with E-state index in [-0.39, 0.29) is 19.1 Å². The summed E-state index contributed by atoms with van der Waals surface area (Å²) in [5, 5.41) is 10.8. The molecule has 0 radical (unpaired) electrons. The summed E-state index contributed by atoms with van der Waals surface area (Å²) in [5.74, 6) is -1.80. The highest BCUT2D eigenvalue weighted by atomic mass is 16.5. The van der Waals surface area contributed by atoms with E-state index in [1.807, 2.05) is 6.92 Å². The van der Waals surface area contributed by atoms with Gasteiger partial charge in [-0.05, 0) is 6.42 Å². The monoisotopic (exact) mass is 246 g/mol. The summed E-state index contributed by atoms with van der Waals surface area (Å²) < 4.78 is 4.68. The highest BCUT2D eigenvalue weighted by molar-refractivity contribution is 5.85. The lowest BCUT2D eigenvalue weighted by Crippen LogP contribution is -2.42. The van der Waals surface area contributed by atoms with Crippen LogP contribution in [0.15, 0.2) is 0 Å². The van der Waals surface area contributed by atoms with E-state index in [1.165, 1.54) is 11.9 Å². The molecule has 0 aromatic carbocycles. The molecule has 0 saturated heterocycles. The lowest BCUT2D eigenvalue weighted by molar-refractivity contribution is -0.147. The van der Waals surface area contributed by atoms with Crippen LogP contribution in [0.2, 0.25) is 0 Å². The van der Waals surface area contributed by atoms with Gasteiger partial charge in [0.05, 0.1) is 6.54 Å². The summed E-state index contributed by atoms with van der Waals surface area (Å²) in [6.07, 6.45) is 0.710. The van der Waals surface area contributed by atoms with Crippen molar-refractivity contribution in [1.29, 1.82) is 0 Å². The molecule has 0 spiro atoms. The van der Waals surface area contributed by atoms with Crippen LogP contribution in [0.4, 0.5) is 0 Å². The fourth-order valence-corrected chi connectivity index (χ4v) is 1.13. The minimum Gasteiger partial charge on any atom is -0.480 e. The largest absolute Gasteiger partial charge is 0.480 e. The predicted molar refractivity (Wildman–Crippen MR) is 59.4 cm³/mol. The number of carboxylic acid groups (broad SMARTS) is 1. The summed E-state index contributed by atoms with van der Waals surface area (Å²) in [6, 6.07) is 0. The molecule has 2 N–H and O–H groups in total. The molecule has 0 aliphatic carbocycles. The normalized spacial score (nSPS) is 9.76. The Morgan fingerprint density at radius 1 is 1.29 bits per heavy atom. The SMILES string of the molecule is CCCN(CC(=O)NC)C(=O)COCC(=O)O. The van der Waals surface area contributed by atoms with Gasteiger partial charge in [-0.25, -0.2) is 4.79 Å². The summed E-state index contributed by atoms with van der Waals surface area (Å²) in [5.41, 5.74) is 0. The molecule has 0 aromatic heterocycles. The second kappa shape index (κ2) is 8.51. The maximum absolute atomic E-state index is 11.6. The number of aliphatic carboxylic acids is 1. The van der Waals surface area contributed by atoms with Gasteiger partial charge in [0, 0.05) is 13.6 Å². The van der Waals surface area contributed by atoms with E-state index < -0.39 is 18.5 Å². The third-order valence-electron chi connectivity index (χ3n) is 1.91. The van der Waals surface area contributed by atoms with Crippen LogP contribution in [0.1, 0.15) is 13.3 Å². The molecule has 2 amide bonds. The number of hydrogen-bond donors (Lipinski definition) is 2. The molecule has 7 heteroatoms. The fourth-order valence-electron chi connectivity index (χ4n) is 1.13. The Morgan fingerprint density at radius 3 is 2.41 bits per heavy atom. The molecule has 0 bridgehead atoms. The zero-order valence-electron chi connectivity index (χ0n) is 10.1. The zero-order chi connectivity index (χ0) is 13.3. The topological polar surface area (TPSA) is 95.9 Å². The van der Waals surface area contributed by atoms with Crippen LogP contribution in [0.5, 0.6) is 0 Å². The Labute approximate surface area is 99.7 Å². The lowest BCUT2D eigenvalue weighted by Gasteiger charge is -2.20. The van der Waals surface area contributed by atoms with Crippen LogP contribution in [0.25, 0.3) is 0 Å². The number of carbonyl (C=O) groups is 3. The first-order chi connectivity index (χ1) is 8.01. The predicted octanol–water partition coefficient (Wildman–Crippen LogP) is -0.928. The van der Waals surface area contributed by atoms with Gasteiger partial charge in [-0.3, -0.25) is 9.59 Å². The van der Waals surface area contributed by atoms with Crippen LogP contribution >= 0.6 is 0 Å². The van der Waals surface area contributed by atoms with Gasteiger partial charge in [0.15, 0.2) is 0 Å². The van der Waals surface area contributed by atoms with Crippen molar-refractivity contribution < 1.29 is 24.2 Å². The third kappa shape index (κ3) is 7.29. The van der Waals surface area contributed by atoms with Crippen molar-refractivity contribution in [3.05, 3.63) is 0 Å². The van der Waals surface area contributed by atoms with Gasteiger partial charge >= 0.3 is 5.97 Å². The Balaban J connectivity index is 4.14. The van der Waals surface area contributed by atoms with E-state index in [9.17, 15) is 14.4 Å². The number of carbonyl (C=O) groups excluding carboxylic acids is 2. The molecule has 98 valence electrons. The van der Waals surface area contributed by atoms with Crippen LogP contribution in [-0.2, 0) is 19.1 Å². The van der Waals surface area contributed by atoms with E-state index in [4.69, 9.17) is 5.11 Å². The standard InChI is InChI=1S/C10H18N2O5/c1-3-4-12(5-8(13)11-2)9(14)6-17-7-10(15)16/h3-7H2,1-2H3,(H,11,13)(H,15,16). The number of nitrogens with zero attached hydrogens (tertiary/aromatic N) is 1. The number of hydrogen-bond acceptors (Lipinski definition) is 4. The van der Waals surface area contributed by atoms with Crippen molar-refractivity contribution in [3.63, 3.8) is 0 Å². The average Bonchev–Trinajstić information content (AvgIpc) is 2.27. The number of nitrogens with one attached hydrogen (secondary N) is 1. The maximum Gasteiger partial charge on any atom is 0.329 e. The van der Waals surface area contributed by atoms with Crippen LogP contribution in [-0.4, -0.2) is 61.1 Å². The summed E-state index contributed by atoms with van der Waals surface area (Å²) >= 11 is 0. The Kier molecular flexibility index (Phi) is 7.70. The van der Waals surface area contributed by atoms with E-state index in [0.717, 1.165) is 0 Å². The highest BCUT2D eigenvalue weighted by Crippen LogP contribution is 1.94. The van der Waals surface area contributed by atoms with Crippen molar-refractivity contribution in [1.82, 2.24) is 10.2 Å². The van der Waals surface area contributed by atoms with Gasteiger partial charge < -0.3 is 20.1 Å². The smallest absolute Gasteiger partial charge is 0.329 e. The van der Waals surface area contributed by atoms with Crippen LogP contribution < -0.4 is 5.32 Å². The molecule has 0 saturated carbocycles. The number of likely N-dealkylation sites (N-methyl/N-ethyl adjacent to an activating group) is 1. The van der Waals surface area contributed by atoms with Crippen LogP contribution in [0.3, 0.4) is 0 Å². The molecule has 0 atom stereocenters. The highest BCUT2D eigenvalue weighted by Gasteiger charge is 2.16. The van der Waals surface area contributed by atoms with E-state index in [1.54, 1.807) is 0 Å². The molecule has 0 aromatic rings. The first-order valence-electron chi connectivity index (χ1n) is 5.29. The molecule has 0 aliphatic heterocycles. The molecular formula is C10H18N2O5. The molecule has 7 nitrogen and oxygen atoms in total. The lowest BCUT2D eigenvalue weighted by atomic mass is 10.3. The van der Waals surface area contributed by atoms with Crippen molar-refractivity contribution in [2.45, 2.75) is 13.3 Å². The van der Waals surface area contributed by atoms with Gasteiger partial charge in [-0.15, -0.1) is 0 Å². The summed E-state index contributed by atoms with van der Waals surface area (Å²) in [4.78, 5) is 34.3. The van der Waals surface area contributed by atoms with Crippen molar-refractivity contribution in [2.75, 3.05) is 33.4 Å². The fraction of sp³-hybridized carbons (Fsp3) is 0.700. The Hall–Kier alpha value is -1.63. The molecule has 0 fully saturated rings. The first kappa shape index (κ1) is 15.4. The molecule has 0 heterocycles. The summed E-state index contributed by atoms with van der Waals surface area (Å²) in [6.45, 7) is 1.42. The van der Waals surface area contributed by atoms with Crippen molar-refractivity contribution in [2.24, 2.45) is 0 Å². The maximum atomic E-state index is 11.6. The Morgan fingerprint density at radius 2 is 1.94 bits per heavy atom. The van der Waals surface area contributed by atoms with Gasteiger partial charge in [0.25, 0.3) is 0 Å². The Bertz CT molecular complexity index is 280. The zero-order valence-corrected chi connectivity index (χ0v) is 10.1. The number of rotatable bonds is 8. The minimum atomic E-state index is -1.13. The van der Waals surface area contributed by atoms with Gasteiger partial charge in [0.2, 0.25) is 11.8 Å².